The number of aryl methyl sites for hydroxylation is 1. The van der Waals surface area contributed by atoms with Crippen LogP contribution in [0.3, 0.4) is 0 Å². The first kappa shape index (κ1) is 13.0. The van der Waals surface area contributed by atoms with E-state index in [0.29, 0.717) is 18.9 Å². The van der Waals surface area contributed by atoms with Gasteiger partial charge in [0.15, 0.2) is 0 Å². The molecule has 0 aliphatic carbocycles. The molecule has 1 aromatic rings. The van der Waals surface area contributed by atoms with Gasteiger partial charge in [-0.3, -0.25) is 9.48 Å². The van der Waals surface area contributed by atoms with Gasteiger partial charge in [0.2, 0.25) is 0 Å². The van der Waals surface area contributed by atoms with Gasteiger partial charge in [-0.25, -0.2) is 0 Å². The van der Waals surface area contributed by atoms with Crippen molar-refractivity contribution < 1.29 is 14.3 Å². The number of amides is 1. The van der Waals surface area contributed by atoms with Crippen LogP contribution in [0.1, 0.15) is 23.8 Å². The van der Waals surface area contributed by atoms with Crippen LogP contribution in [-0.4, -0.2) is 48.2 Å². The van der Waals surface area contributed by atoms with Crippen LogP contribution in [-0.2, 0) is 16.0 Å². The summed E-state index contributed by atoms with van der Waals surface area (Å²) in [5.41, 5.74) is 0.443. The summed E-state index contributed by atoms with van der Waals surface area (Å²) in [5, 5.41) is 7.13. The van der Waals surface area contributed by atoms with Gasteiger partial charge in [0.25, 0.3) is 5.91 Å². The molecule has 6 heteroatoms. The van der Waals surface area contributed by atoms with E-state index in [1.165, 1.54) is 0 Å². The van der Waals surface area contributed by atoms with Gasteiger partial charge < -0.3 is 14.8 Å². The van der Waals surface area contributed by atoms with Gasteiger partial charge in [0, 0.05) is 26.5 Å². The monoisotopic (exact) mass is 253 g/mol. The molecule has 1 N–H and O–H groups in total. The lowest BCUT2D eigenvalue weighted by atomic mass is 10.1. The third-order valence-electron chi connectivity index (χ3n) is 3.12. The smallest absolute Gasteiger partial charge is 0.272 e. The summed E-state index contributed by atoms with van der Waals surface area (Å²) in [4.78, 5) is 12.0. The summed E-state index contributed by atoms with van der Waals surface area (Å²) in [6.07, 6.45) is 2.47. The summed E-state index contributed by atoms with van der Waals surface area (Å²) in [6, 6.07) is 1.71. The predicted molar refractivity (Wildman–Crippen MR) is 65.4 cm³/mol. The van der Waals surface area contributed by atoms with E-state index in [1.54, 1.807) is 24.1 Å². The average molecular weight is 253 g/mol. The number of nitrogens with zero attached hydrogens (tertiary/aromatic N) is 2. The lowest BCUT2D eigenvalue weighted by Gasteiger charge is -2.30. The van der Waals surface area contributed by atoms with Crippen LogP contribution in [0.4, 0.5) is 0 Å². The zero-order valence-corrected chi connectivity index (χ0v) is 10.8. The van der Waals surface area contributed by atoms with Crippen molar-refractivity contribution in [3.05, 3.63) is 18.0 Å². The highest BCUT2D eigenvalue weighted by atomic mass is 16.5. The molecular weight excluding hydrogens is 234 g/mol. The molecule has 2 rings (SSSR count). The van der Waals surface area contributed by atoms with Crippen LogP contribution in [0, 0.1) is 0 Å². The quantitative estimate of drug-likeness (QED) is 0.845. The van der Waals surface area contributed by atoms with E-state index < -0.39 is 0 Å². The summed E-state index contributed by atoms with van der Waals surface area (Å²) >= 11 is 0. The number of nitrogens with one attached hydrogen (secondary N) is 1. The van der Waals surface area contributed by atoms with Crippen molar-refractivity contribution in [3.63, 3.8) is 0 Å². The Kier molecular flexibility index (Phi) is 4.33. The molecule has 6 nitrogen and oxygen atoms in total. The highest BCUT2D eigenvalue weighted by Crippen LogP contribution is 2.11. The van der Waals surface area contributed by atoms with Crippen LogP contribution in [0.15, 0.2) is 12.3 Å². The van der Waals surface area contributed by atoms with E-state index in [-0.39, 0.29) is 18.1 Å². The highest BCUT2D eigenvalue weighted by molar-refractivity contribution is 5.92. The maximum atomic E-state index is 12.0. The topological polar surface area (TPSA) is 65.4 Å². The minimum absolute atomic E-state index is 0.0111. The standard InChI is InChI=1S/C12H19N3O3/c1-3-15-6-4-10(14-15)12(16)13-9-5-7-18-8-11(9)17-2/h4,6,9,11H,3,5,7-8H2,1-2H3,(H,13,16)/t9-,11-/m0/s1. The molecule has 1 saturated heterocycles. The zero-order chi connectivity index (χ0) is 13.0. The van der Waals surface area contributed by atoms with Crippen LogP contribution in [0.25, 0.3) is 0 Å². The Morgan fingerprint density at radius 1 is 1.72 bits per heavy atom. The second-order valence-corrected chi connectivity index (χ2v) is 4.27. The summed E-state index contributed by atoms with van der Waals surface area (Å²) in [6.45, 7) is 3.90. The predicted octanol–water partition coefficient (Wildman–Crippen LogP) is 0.437. The van der Waals surface area contributed by atoms with Crippen LogP contribution < -0.4 is 5.32 Å². The fourth-order valence-corrected chi connectivity index (χ4v) is 2.01. The number of aromatic nitrogens is 2. The first-order valence-corrected chi connectivity index (χ1v) is 6.19. The van der Waals surface area contributed by atoms with E-state index in [0.717, 1.165) is 13.0 Å². The summed E-state index contributed by atoms with van der Waals surface area (Å²) in [5.74, 6) is -0.156. The molecule has 0 aromatic carbocycles. The Morgan fingerprint density at radius 2 is 2.56 bits per heavy atom. The maximum absolute atomic E-state index is 12.0. The van der Waals surface area contributed by atoms with Crippen molar-refractivity contribution in [1.82, 2.24) is 15.1 Å². The van der Waals surface area contributed by atoms with Crippen molar-refractivity contribution in [2.45, 2.75) is 32.0 Å². The molecule has 1 aromatic heterocycles. The Labute approximate surface area is 106 Å². The van der Waals surface area contributed by atoms with E-state index in [9.17, 15) is 4.79 Å². The SMILES string of the molecule is CCn1ccc(C(=O)N[C@H]2CCOC[C@@H]2OC)n1. The number of hydrogen-bond acceptors (Lipinski definition) is 4. The van der Waals surface area contributed by atoms with Gasteiger partial charge in [-0.2, -0.15) is 5.10 Å². The van der Waals surface area contributed by atoms with E-state index in [1.807, 2.05) is 6.92 Å². The van der Waals surface area contributed by atoms with Crippen molar-refractivity contribution in [1.29, 1.82) is 0 Å². The van der Waals surface area contributed by atoms with Gasteiger partial charge in [0.05, 0.1) is 12.6 Å². The van der Waals surface area contributed by atoms with Crippen LogP contribution in [0.2, 0.25) is 0 Å². The molecule has 2 atom stereocenters. The zero-order valence-electron chi connectivity index (χ0n) is 10.8. The average Bonchev–Trinajstić information content (AvgIpc) is 2.88. The van der Waals surface area contributed by atoms with Gasteiger partial charge in [-0.1, -0.05) is 0 Å². The second kappa shape index (κ2) is 5.97. The van der Waals surface area contributed by atoms with Crippen LogP contribution in [0.5, 0.6) is 0 Å². The van der Waals surface area contributed by atoms with E-state index >= 15 is 0 Å². The summed E-state index contributed by atoms with van der Waals surface area (Å²) in [7, 11) is 1.63. The van der Waals surface area contributed by atoms with Crippen molar-refractivity contribution >= 4 is 5.91 Å². The highest BCUT2D eigenvalue weighted by Gasteiger charge is 2.27. The number of rotatable bonds is 4. The number of hydrogen-bond donors (Lipinski definition) is 1. The molecule has 0 saturated carbocycles. The Bertz CT molecular complexity index is 405. The molecule has 1 aliphatic rings. The Balaban J connectivity index is 1.97. The molecule has 100 valence electrons. The van der Waals surface area contributed by atoms with E-state index in [2.05, 4.69) is 10.4 Å². The third kappa shape index (κ3) is 2.88. The number of methoxy groups -OCH3 is 1. The maximum Gasteiger partial charge on any atom is 0.272 e. The molecule has 18 heavy (non-hydrogen) atoms. The molecule has 2 heterocycles. The molecule has 0 bridgehead atoms. The first-order valence-electron chi connectivity index (χ1n) is 6.19. The normalized spacial score (nSPS) is 23.9. The second-order valence-electron chi connectivity index (χ2n) is 4.27. The molecule has 1 amide bonds. The van der Waals surface area contributed by atoms with Crippen LogP contribution >= 0.6 is 0 Å². The van der Waals surface area contributed by atoms with Crippen molar-refractivity contribution in [3.8, 4) is 0 Å². The van der Waals surface area contributed by atoms with E-state index in [4.69, 9.17) is 9.47 Å². The molecule has 0 spiro atoms. The summed E-state index contributed by atoms with van der Waals surface area (Å²) < 4.78 is 12.3. The minimum Gasteiger partial charge on any atom is -0.379 e. The van der Waals surface area contributed by atoms with Gasteiger partial charge in [-0.05, 0) is 19.4 Å². The lowest BCUT2D eigenvalue weighted by Crippen LogP contribution is -2.49. The molecular formula is C12H19N3O3. The first-order chi connectivity index (χ1) is 8.74. The Morgan fingerprint density at radius 3 is 3.22 bits per heavy atom. The molecule has 1 aliphatic heterocycles. The van der Waals surface area contributed by atoms with Crippen molar-refractivity contribution in [2.24, 2.45) is 0 Å². The fraction of sp³-hybridized carbons (Fsp3) is 0.667. The molecule has 0 unspecified atom stereocenters. The number of carbonyl (C=O) groups is 1. The largest absolute Gasteiger partial charge is 0.379 e. The molecule has 0 radical (unpaired) electrons. The van der Waals surface area contributed by atoms with Gasteiger partial charge >= 0.3 is 0 Å². The van der Waals surface area contributed by atoms with Gasteiger partial charge in [0.1, 0.15) is 11.8 Å². The number of carbonyl (C=O) groups excluding carboxylic acids is 1. The number of ether oxygens (including phenoxy) is 2. The lowest BCUT2D eigenvalue weighted by molar-refractivity contribution is -0.0479. The third-order valence-corrected chi connectivity index (χ3v) is 3.12. The van der Waals surface area contributed by atoms with Gasteiger partial charge in [-0.15, -0.1) is 0 Å². The van der Waals surface area contributed by atoms with Crippen molar-refractivity contribution in [2.75, 3.05) is 20.3 Å². The minimum atomic E-state index is -0.156. The fourth-order valence-electron chi connectivity index (χ4n) is 2.01. The molecule has 1 fully saturated rings. The Hall–Kier alpha value is -1.40.